The van der Waals surface area contributed by atoms with E-state index in [4.69, 9.17) is 5.84 Å². The highest BCUT2D eigenvalue weighted by Crippen LogP contribution is 2.27. The zero-order valence-corrected chi connectivity index (χ0v) is 12.2. The highest BCUT2D eigenvalue weighted by molar-refractivity contribution is 9.11. The molecule has 3 N–H and O–H groups in total. The SMILES string of the molecule is CCCCCCCC(NN)c1csc(Br)c1. The molecule has 2 nitrogen and oxygen atoms in total. The summed E-state index contributed by atoms with van der Waals surface area (Å²) in [6.45, 7) is 2.24. The molecule has 0 bridgehead atoms. The molecule has 0 saturated carbocycles. The van der Waals surface area contributed by atoms with Gasteiger partial charge in [0.25, 0.3) is 0 Å². The first kappa shape index (κ1) is 14.2. The van der Waals surface area contributed by atoms with Crippen LogP contribution >= 0.6 is 27.3 Å². The van der Waals surface area contributed by atoms with Gasteiger partial charge in [-0.25, -0.2) is 0 Å². The lowest BCUT2D eigenvalue weighted by molar-refractivity contribution is 0.480. The van der Waals surface area contributed by atoms with Crippen molar-refractivity contribution in [2.45, 2.75) is 51.5 Å². The van der Waals surface area contributed by atoms with E-state index in [0.29, 0.717) is 6.04 Å². The average Bonchev–Trinajstić information content (AvgIpc) is 2.70. The average molecular weight is 305 g/mol. The van der Waals surface area contributed by atoms with Crippen LogP contribution in [0.15, 0.2) is 15.2 Å². The van der Waals surface area contributed by atoms with Crippen LogP contribution in [-0.4, -0.2) is 0 Å². The van der Waals surface area contributed by atoms with E-state index in [1.807, 2.05) is 0 Å². The molecule has 4 heteroatoms. The number of nitrogens with one attached hydrogen (secondary N) is 1. The third-order valence-corrected chi connectivity index (χ3v) is 4.31. The highest BCUT2D eigenvalue weighted by Gasteiger charge is 2.10. The first-order valence-electron chi connectivity index (χ1n) is 5.98. The monoisotopic (exact) mass is 304 g/mol. The Morgan fingerprint density at radius 3 is 2.69 bits per heavy atom. The van der Waals surface area contributed by atoms with Crippen molar-refractivity contribution < 1.29 is 0 Å². The summed E-state index contributed by atoms with van der Waals surface area (Å²) in [4.78, 5) is 0. The summed E-state index contributed by atoms with van der Waals surface area (Å²) in [5, 5.41) is 2.17. The largest absolute Gasteiger partial charge is 0.271 e. The van der Waals surface area contributed by atoms with Crippen LogP contribution in [0.4, 0.5) is 0 Å². The number of halogens is 1. The van der Waals surface area contributed by atoms with Gasteiger partial charge in [-0.2, -0.15) is 0 Å². The Kier molecular flexibility index (Phi) is 7.28. The van der Waals surface area contributed by atoms with Crippen LogP contribution in [0.1, 0.15) is 57.1 Å². The molecule has 1 aromatic rings. The lowest BCUT2D eigenvalue weighted by atomic mass is 10.0. The van der Waals surface area contributed by atoms with Crippen molar-refractivity contribution >= 4 is 27.3 Å². The molecule has 0 radical (unpaired) electrons. The minimum Gasteiger partial charge on any atom is -0.271 e. The maximum Gasteiger partial charge on any atom is 0.0701 e. The molecule has 0 fully saturated rings. The molecule has 1 rings (SSSR count). The van der Waals surface area contributed by atoms with Crippen molar-refractivity contribution in [1.82, 2.24) is 5.43 Å². The molecule has 0 saturated heterocycles. The van der Waals surface area contributed by atoms with E-state index in [2.05, 4.69) is 39.7 Å². The molecule has 16 heavy (non-hydrogen) atoms. The van der Waals surface area contributed by atoms with E-state index in [1.165, 1.54) is 41.5 Å². The van der Waals surface area contributed by atoms with E-state index in [1.54, 1.807) is 11.3 Å². The third kappa shape index (κ3) is 4.95. The second-order valence-electron chi connectivity index (χ2n) is 4.11. The van der Waals surface area contributed by atoms with Crippen LogP contribution in [0.3, 0.4) is 0 Å². The van der Waals surface area contributed by atoms with Gasteiger partial charge in [0.05, 0.1) is 3.79 Å². The van der Waals surface area contributed by atoms with Gasteiger partial charge in [0.1, 0.15) is 0 Å². The summed E-state index contributed by atoms with van der Waals surface area (Å²) in [5.41, 5.74) is 4.21. The van der Waals surface area contributed by atoms with Gasteiger partial charge in [-0.3, -0.25) is 11.3 Å². The van der Waals surface area contributed by atoms with E-state index in [-0.39, 0.29) is 0 Å². The van der Waals surface area contributed by atoms with Gasteiger partial charge in [-0.15, -0.1) is 11.3 Å². The zero-order chi connectivity index (χ0) is 11.8. The predicted octanol–water partition coefficient (Wildman–Crippen LogP) is 4.38. The van der Waals surface area contributed by atoms with Crippen molar-refractivity contribution in [3.63, 3.8) is 0 Å². The van der Waals surface area contributed by atoms with Gasteiger partial charge >= 0.3 is 0 Å². The standard InChI is InChI=1S/C12H21BrN2S/c1-2-3-4-5-6-7-11(15-14)10-8-12(13)16-9-10/h8-9,11,15H,2-7,14H2,1H3. The van der Waals surface area contributed by atoms with Crippen molar-refractivity contribution in [1.29, 1.82) is 0 Å². The normalized spacial score (nSPS) is 12.9. The second-order valence-corrected chi connectivity index (χ2v) is 6.40. The lowest BCUT2D eigenvalue weighted by Gasteiger charge is -2.14. The molecule has 0 aliphatic rings. The zero-order valence-electron chi connectivity index (χ0n) is 9.84. The fourth-order valence-corrected chi connectivity index (χ4v) is 3.03. The van der Waals surface area contributed by atoms with E-state index < -0.39 is 0 Å². The Labute approximate surface area is 111 Å². The van der Waals surface area contributed by atoms with Crippen molar-refractivity contribution in [3.05, 3.63) is 20.8 Å². The fraction of sp³-hybridized carbons (Fsp3) is 0.667. The molecule has 92 valence electrons. The molecule has 1 aromatic heterocycles. The first-order chi connectivity index (χ1) is 7.77. The number of hydrogen-bond acceptors (Lipinski definition) is 3. The Balaban J connectivity index is 2.27. The van der Waals surface area contributed by atoms with Crippen molar-refractivity contribution in [3.8, 4) is 0 Å². The predicted molar refractivity (Wildman–Crippen MR) is 75.5 cm³/mol. The van der Waals surface area contributed by atoms with Crippen LogP contribution in [0.25, 0.3) is 0 Å². The Morgan fingerprint density at radius 1 is 1.38 bits per heavy atom. The quantitative estimate of drug-likeness (QED) is 0.425. The molecular formula is C12H21BrN2S. The number of unbranched alkanes of at least 4 members (excludes halogenated alkanes) is 4. The van der Waals surface area contributed by atoms with Crippen molar-refractivity contribution in [2.24, 2.45) is 5.84 Å². The molecule has 0 aliphatic carbocycles. The van der Waals surface area contributed by atoms with Crippen molar-refractivity contribution in [2.75, 3.05) is 0 Å². The van der Waals surface area contributed by atoms with E-state index >= 15 is 0 Å². The van der Waals surface area contributed by atoms with E-state index in [0.717, 1.165) is 6.42 Å². The molecule has 1 atom stereocenters. The molecule has 0 aliphatic heterocycles. The molecule has 1 heterocycles. The summed E-state index contributed by atoms with van der Waals surface area (Å²) in [5.74, 6) is 5.59. The second kappa shape index (κ2) is 8.23. The van der Waals surface area contributed by atoms with Gasteiger partial charge in [-0.1, -0.05) is 39.0 Å². The molecule has 0 spiro atoms. The van der Waals surface area contributed by atoms with Gasteiger partial charge in [0, 0.05) is 6.04 Å². The Hall–Kier alpha value is 0.100. The first-order valence-corrected chi connectivity index (χ1v) is 7.65. The van der Waals surface area contributed by atoms with Crippen LogP contribution in [0.2, 0.25) is 0 Å². The number of nitrogens with two attached hydrogens (primary N) is 1. The Morgan fingerprint density at radius 2 is 2.12 bits per heavy atom. The summed E-state index contributed by atoms with van der Waals surface area (Å²) in [6, 6.07) is 2.46. The number of hydrogen-bond donors (Lipinski definition) is 2. The summed E-state index contributed by atoms with van der Waals surface area (Å²) >= 11 is 5.20. The fourth-order valence-electron chi connectivity index (χ4n) is 1.80. The molecule has 1 unspecified atom stereocenters. The minimum atomic E-state index is 0.309. The summed E-state index contributed by atoms with van der Waals surface area (Å²) in [6.07, 6.45) is 7.70. The summed E-state index contributed by atoms with van der Waals surface area (Å²) < 4.78 is 1.17. The molecular weight excluding hydrogens is 284 g/mol. The van der Waals surface area contributed by atoms with Crippen LogP contribution in [0, 0.1) is 0 Å². The van der Waals surface area contributed by atoms with Gasteiger partial charge < -0.3 is 0 Å². The van der Waals surface area contributed by atoms with Crippen LogP contribution in [0.5, 0.6) is 0 Å². The Bertz CT molecular complexity index is 288. The van der Waals surface area contributed by atoms with Gasteiger partial charge in [-0.05, 0) is 39.4 Å². The highest BCUT2D eigenvalue weighted by atomic mass is 79.9. The maximum atomic E-state index is 5.59. The maximum absolute atomic E-state index is 5.59. The van der Waals surface area contributed by atoms with Crippen LogP contribution < -0.4 is 11.3 Å². The smallest absolute Gasteiger partial charge is 0.0701 e. The number of rotatable bonds is 8. The number of hydrazine groups is 1. The van der Waals surface area contributed by atoms with Gasteiger partial charge in [0.15, 0.2) is 0 Å². The topological polar surface area (TPSA) is 38.0 Å². The molecule has 0 amide bonds. The summed E-state index contributed by atoms with van der Waals surface area (Å²) in [7, 11) is 0. The number of thiophene rings is 1. The third-order valence-electron chi connectivity index (χ3n) is 2.79. The minimum absolute atomic E-state index is 0.309. The molecule has 0 aromatic carbocycles. The van der Waals surface area contributed by atoms with Gasteiger partial charge in [0.2, 0.25) is 0 Å². The van der Waals surface area contributed by atoms with Crippen LogP contribution in [-0.2, 0) is 0 Å². The van der Waals surface area contributed by atoms with E-state index in [9.17, 15) is 0 Å². The lowest BCUT2D eigenvalue weighted by Crippen LogP contribution is -2.27.